The molecule has 0 spiro atoms. The van der Waals surface area contributed by atoms with Gasteiger partial charge in [-0.15, -0.1) is 5.10 Å². The first-order valence-electron chi connectivity index (χ1n) is 5.88. The molecule has 5 nitrogen and oxygen atoms in total. The van der Waals surface area contributed by atoms with Gasteiger partial charge in [0.05, 0.1) is 11.9 Å². The fraction of sp³-hybridized carbons (Fsp3) is 0.417. The molecule has 0 bridgehead atoms. The second-order valence-corrected chi connectivity index (χ2v) is 4.10. The normalized spacial score (nSPS) is 12.6. The van der Waals surface area contributed by atoms with Crippen LogP contribution in [0.15, 0.2) is 24.7 Å². The molecule has 0 radical (unpaired) electrons. The molecule has 2 aromatic rings. The highest BCUT2D eigenvalue weighted by atomic mass is 19.1. The Morgan fingerprint density at radius 2 is 2.33 bits per heavy atom. The van der Waals surface area contributed by atoms with E-state index in [-0.39, 0.29) is 11.9 Å². The van der Waals surface area contributed by atoms with Gasteiger partial charge in [-0.05, 0) is 12.6 Å². The molecule has 0 aliphatic carbocycles. The number of aromatic nitrogens is 4. The zero-order chi connectivity index (χ0) is 13.0. The van der Waals surface area contributed by atoms with Crippen molar-refractivity contribution in [1.29, 1.82) is 0 Å². The molecule has 1 atom stereocenters. The summed E-state index contributed by atoms with van der Waals surface area (Å²) in [5.74, 6) is -0.299. The minimum Gasteiger partial charge on any atom is -0.310 e. The summed E-state index contributed by atoms with van der Waals surface area (Å²) in [6.07, 6.45) is 5.27. The SMILES string of the molecule is CCNC(Cc1cn(C)nn1)c1ccncc1F. The molecule has 0 aliphatic rings. The zero-order valence-corrected chi connectivity index (χ0v) is 10.5. The topological polar surface area (TPSA) is 55.6 Å². The van der Waals surface area contributed by atoms with Crippen LogP contribution in [0.2, 0.25) is 0 Å². The molecule has 0 amide bonds. The number of rotatable bonds is 5. The van der Waals surface area contributed by atoms with Crippen molar-refractivity contribution in [2.24, 2.45) is 7.05 Å². The third-order valence-electron chi connectivity index (χ3n) is 2.69. The Bertz CT molecular complexity index is 511. The van der Waals surface area contributed by atoms with E-state index in [2.05, 4.69) is 20.6 Å². The molecule has 1 unspecified atom stereocenters. The van der Waals surface area contributed by atoms with Crippen LogP contribution >= 0.6 is 0 Å². The molecule has 0 saturated carbocycles. The van der Waals surface area contributed by atoms with E-state index in [0.717, 1.165) is 12.2 Å². The Morgan fingerprint density at radius 3 is 2.94 bits per heavy atom. The first kappa shape index (κ1) is 12.6. The van der Waals surface area contributed by atoms with E-state index in [1.807, 2.05) is 20.2 Å². The molecule has 0 saturated heterocycles. The fourth-order valence-corrected chi connectivity index (χ4v) is 1.90. The third-order valence-corrected chi connectivity index (χ3v) is 2.69. The van der Waals surface area contributed by atoms with Gasteiger partial charge in [0, 0.05) is 37.5 Å². The molecule has 96 valence electrons. The summed E-state index contributed by atoms with van der Waals surface area (Å²) in [6, 6.07) is 1.58. The molecule has 2 heterocycles. The third kappa shape index (κ3) is 2.89. The number of hydrogen-bond donors (Lipinski definition) is 1. The molecule has 1 N–H and O–H groups in total. The second kappa shape index (κ2) is 5.68. The van der Waals surface area contributed by atoms with Gasteiger partial charge in [0.15, 0.2) is 0 Å². The molecule has 2 rings (SSSR count). The highest BCUT2D eigenvalue weighted by molar-refractivity contribution is 5.19. The summed E-state index contributed by atoms with van der Waals surface area (Å²) in [7, 11) is 1.81. The smallest absolute Gasteiger partial charge is 0.146 e. The maximum absolute atomic E-state index is 13.7. The quantitative estimate of drug-likeness (QED) is 0.866. The maximum atomic E-state index is 13.7. The van der Waals surface area contributed by atoms with E-state index in [4.69, 9.17) is 0 Å². The van der Waals surface area contributed by atoms with Crippen molar-refractivity contribution >= 4 is 0 Å². The molecular weight excluding hydrogens is 233 g/mol. The highest BCUT2D eigenvalue weighted by Crippen LogP contribution is 2.19. The number of aryl methyl sites for hydroxylation is 1. The van der Waals surface area contributed by atoms with Gasteiger partial charge in [0.25, 0.3) is 0 Å². The fourth-order valence-electron chi connectivity index (χ4n) is 1.90. The largest absolute Gasteiger partial charge is 0.310 e. The number of likely N-dealkylation sites (N-methyl/N-ethyl adjacent to an activating group) is 1. The molecule has 6 heteroatoms. The Hall–Kier alpha value is -1.82. The van der Waals surface area contributed by atoms with Gasteiger partial charge >= 0.3 is 0 Å². The number of nitrogens with one attached hydrogen (secondary N) is 1. The summed E-state index contributed by atoms with van der Waals surface area (Å²) >= 11 is 0. The molecule has 2 aromatic heterocycles. The summed E-state index contributed by atoms with van der Waals surface area (Å²) < 4.78 is 15.4. The van der Waals surface area contributed by atoms with Gasteiger partial charge in [-0.3, -0.25) is 9.67 Å². The van der Waals surface area contributed by atoms with Crippen LogP contribution < -0.4 is 5.32 Å². The number of halogens is 1. The predicted octanol–water partition coefficient (Wildman–Crippen LogP) is 1.24. The molecule has 0 aromatic carbocycles. The van der Waals surface area contributed by atoms with Crippen LogP contribution in [-0.4, -0.2) is 26.5 Å². The van der Waals surface area contributed by atoms with Crippen molar-refractivity contribution < 1.29 is 4.39 Å². The van der Waals surface area contributed by atoms with Crippen molar-refractivity contribution in [3.05, 3.63) is 41.7 Å². The van der Waals surface area contributed by atoms with Crippen LogP contribution in [-0.2, 0) is 13.5 Å². The van der Waals surface area contributed by atoms with Crippen molar-refractivity contribution in [1.82, 2.24) is 25.3 Å². The molecular formula is C12H16FN5. The van der Waals surface area contributed by atoms with Crippen molar-refractivity contribution in [2.75, 3.05) is 6.54 Å². The number of nitrogens with zero attached hydrogens (tertiary/aromatic N) is 4. The maximum Gasteiger partial charge on any atom is 0.146 e. The van der Waals surface area contributed by atoms with Crippen molar-refractivity contribution in [2.45, 2.75) is 19.4 Å². The summed E-state index contributed by atoms with van der Waals surface area (Å²) in [5, 5.41) is 11.2. The molecule has 18 heavy (non-hydrogen) atoms. The van der Waals surface area contributed by atoms with Crippen LogP contribution in [0.4, 0.5) is 4.39 Å². The summed E-state index contributed by atoms with van der Waals surface area (Å²) in [4.78, 5) is 3.76. The van der Waals surface area contributed by atoms with Crippen molar-refractivity contribution in [3.63, 3.8) is 0 Å². The van der Waals surface area contributed by atoms with E-state index < -0.39 is 0 Å². The lowest BCUT2D eigenvalue weighted by molar-refractivity contribution is 0.503. The van der Waals surface area contributed by atoms with Gasteiger partial charge in [0.1, 0.15) is 5.82 Å². The van der Waals surface area contributed by atoms with Gasteiger partial charge in [-0.2, -0.15) is 0 Å². The Balaban J connectivity index is 2.20. The van der Waals surface area contributed by atoms with Crippen LogP contribution in [0, 0.1) is 5.82 Å². The Labute approximate surface area is 105 Å². The van der Waals surface area contributed by atoms with Crippen molar-refractivity contribution in [3.8, 4) is 0 Å². The van der Waals surface area contributed by atoms with Crippen LogP contribution in [0.1, 0.15) is 24.2 Å². The van der Waals surface area contributed by atoms with Crippen LogP contribution in [0.5, 0.6) is 0 Å². The minimum absolute atomic E-state index is 0.116. The molecule has 0 fully saturated rings. The van der Waals surface area contributed by atoms with Gasteiger partial charge in [0.2, 0.25) is 0 Å². The minimum atomic E-state index is -0.299. The lowest BCUT2D eigenvalue weighted by Crippen LogP contribution is -2.24. The average molecular weight is 249 g/mol. The summed E-state index contributed by atoms with van der Waals surface area (Å²) in [6.45, 7) is 2.75. The Kier molecular flexibility index (Phi) is 3.99. The van der Waals surface area contributed by atoms with Gasteiger partial charge < -0.3 is 5.32 Å². The lowest BCUT2D eigenvalue weighted by Gasteiger charge is -2.17. The van der Waals surface area contributed by atoms with Gasteiger partial charge in [-0.25, -0.2) is 4.39 Å². The van der Waals surface area contributed by atoms with E-state index in [9.17, 15) is 4.39 Å². The zero-order valence-electron chi connectivity index (χ0n) is 10.5. The second-order valence-electron chi connectivity index (χ2n) is 4.10. The molecule has 0 aliphatic heterocycles. The van der Waals surface area contributed by atoms with E-state index in [0.29, 0.717) is 12.0 Å². The monoisotopic (exact) mass is 249 g/mol. The highest BCUT2D eigenvalue weighted by Gasteiger charge is 2.16. The number of pyridine rings is 1. The van der Waals surface area contributed by atoms with E-state index >= 15 is 0 Å². The van der Waals surface area contributed by atoms with E-state index in [1.54, 1.807) is 16.9 Å². The standard InChI is InChI=1S/C12H16FN5/c1-3-15-12(6-9-8-18(2)17-16-9)10-4-5-14-7-11(10)13/h4-5,7-8,12,15H,3,6H2,1-2H3. The Morgan fingerprint density at radius 1 is 1.50 bits per heavy atom. The first-order chi connectivity index (χ1) is 8.70. The van der Waals surface area contributed by atoms with Crippen LogP contribution in [0.25, 0.3) is 0 Å². The number of hydrogen-bond acceptors (Lipinski definition) is 4. The average Bonchev–Trinajstić information content (AvgIpc) is 2.75. The van der Waals surface area contributed by atoms with E-state index in [1.165, 1.54) is 6.20 Å². The first-order valence-corrected chi connectivity index (χ1v) is 5.88. The van der Waals surface area contributed by atoms with Gasteiger partial charge in [-0.1, -0.05) is 12.1 Å². The predicted molar refractivity (Wildman–Crippen MR) is 65.3 cm³/mol. The van der Waals surface area contributed by atoms with Crippen LogP contribution in [0.3, 0.4) is 0 Å². The summed E-state index contributed by atoms with van der Waals surface area (Å²) in [5.41, 5.74) is 1.44. The lowest BCUT2D eigenvalue weighted by atomic mass is 10.0.